The van der Waals surface area contributed by atoms with E-state index in [1.807, 2.05) is 37.3 Å². The average molecular weight is 291 g/mol. The van der Waals surface area contributed by atoms with Crippen LogP contribution in [0.15, 0.2) is 46.9 Å². The van der Waals surface area contributed by atoms with E-state index in [0.717, 1.165) is 21.2 Å². The maximum atomic E-state index is 11.1. The SMILES string of the molecule is Cc1ccc(-c2ccccc2C(=O)O)cc1Br. The van der Waals surface area contributed by atoms with Gasteiger partial charge in [0, 0.05) is 4.47 Å². The van der Waals surface area contributed by atoms with E-state index >= 15 is 0 Å². The van der Waals surface area contributed by atoms with Crippen LogP contribution in [0.25, 0.3) is 11.1 Å². The third-order valence-electron chi connectivity index (χ3n) is 2.64. The molecule has 0 unspecified atom stereocenters. The Balaban J connectivity index is 2.60. The molecule has 0 amide bonds. The number of hydrogen-bond acceptors (Lipinski definition) is 1. The molecule has 2 aromatic rings. The molecular formula is C14H11BrO2. The van der Waals surface area contributed by atoms with Gasteiger partial charge in [0.05, 0.1) is 5.56 Å². The molecule has 0 bridgehead atoms. The lowest BCUT2D eigenvalue weighted by atomic mass is 9.99. The Morgan fingerprint density at radius 3 is 2.53 bits per heavy atom. The molecule has 2 aromatic carbocycles. The molecule has 0 radical (unpaired) electrons. The molecule has 0 spiro atoms. The molecule has 0 aliphatic rings. The van der Waals surface area contributed by atoms with Crippen LogP contribution in [0.3, 0.4) is 0 Å². The fourth-order valence-corrected chi connectivity index (χ4v) is 2.06. The minimum Gasteiger partial charge on any atom is -0.478 e. The van der Waals surface area contributed by atoms with Gasteiger partial charge in [-0.3, -0.25) is 0 Å². The summed E-state index contributed by atoms with van der Waals surface area (Å²) in [5.41, 5.74) is 3.09. The summed E-state index contributed by atoms with van der Waals surface area (Å²) in [6.07, 6.45) is 0. The first-order valence-electron chi connectivity index (χ1n) is 5.18. The fraction of sp³-hybridized carbons (Fsp3) is 0.0714. The predicted octanol–water partition coefficient (Wildman–Crippen LogP) is 4.12. The van der Waals surface area contributed by atoms with Crippen molar-refractivity contribution >= 4 is 21.9 Å². The lowest BCUT2D eigenvalue weighted by Gasteiger charge is -2.07. The number of benzene rings is 2. The normalized spacial score (nSPS) is 10.2. The summed E-state index contributed by atoms with van der Waals surface area (Å²) >= 11 is 3.46. The molecule has 0 saturated heterocycles. The van der Waals surface area contributed by atoms with Gasteiger partial charge in [0.15, 0.2) is 0 Å². The molecule has 0 aliphatic heterocycles. The summed E-state index contributed by atoms with van der Waals surface area (Å²) in [7, 11) is 0. The Labute approximate surface area is 108 Å². The van der Waals surface area contributed by atoms with E-state index in [0.29, 0.717) is 5.56 Å². The van der Waals surface area contributed by atoms with Crippen LogP contribution >= 0.6 is 15.9 Å². The molecule has 0 atom stereocenters. The highest BCUT2D eigenvalue weighted by atomic mass is 79.9. The van der Waals surface area contributed by atoms with Gasteiger partial charge in [0.1, 0.15) is 0 Å². The molecule has 0 saturated carbocycles. The van der Waals surface area contributed by atoms with E-state index in [-0.39, 0.29) is 0 Å². The van der Waals surface area contributed by atoms with Crippen LogP contribution in [-0.2, 0) is 0 Å². The fourth-order valence-electron chi connectivity index (χ4n) is 1.68. The van der Waals surface area contributed by atoms with Crippen molar-refractivity contribution in [3.63, 3.8) is 0 Å². The molecule has 86 valence electrons. The second-order valence-electron chi connectivity index (χ2n) is 3.81. The van der Waals surface area contributed by atoms with Gasteiger partial charge >= 0.3 is 5.97 Å². The number of carboxylic acid groups (broad SMARTS) is 1. The largest absolute Gasteiger partial charge is 0.478 e. The second kappa shape index (κ2) is 4.72. The Morgan fingerprint density at radius 2 is 1.88 bits per heavy atom. The first kappa shape index (κ1) is 11.9. The Kier molecular flexibility index (Phi) is 3.29. The van der Waals surface area contributed by atoms with Crippen LogP contribution in [0.1, 0.15) is 15.9 Å². The van der Waals surface area contributed by atoms with Crippen molar-refractivity contribution in [3.05, 3.63) is 58.1 Å². The van der Waals surface area contributed by atoms with Gasteiger partial charge in [-0.25, -0.2) is 4.79 Å². The zero-order valence-corrected chi connectivity index (χ0v) is 10.9. The van der Waals surface area contributed by atoms with Crippen molar-refractivity contribution in [2.24, 2.45) is 0 Å². The minimum atomic E-state index is -0.905. The first-order valence-corrected chi connectivity index (χ1v) is 5.98. The zero-order chi connectivity index (χ0) is 12.4. The van der Waals surface area contributed by atoms with Crippen molar-refractivity contribution < 1.29 is 9.90 Å². The summed E-state index contributed by atoms with van der Waals surface area (Å²) in [6.45, 7) is 2.00. The first-order chi connectivity index (χ1) is 8.09. The summed E-state index contributed by atoms with van der Waals surface area (Å²) < 4.78 is 0.982. The predicted molar refractivity (Wildman–Crippen MR) is 71.3 cm³/mol. The molecule has 0 aromatic heterocycles. The lowest BCUT2D eigenvalue weighted by Crippen LogP contribution is -1.99. The van der Waals surface area contributed by atoms with Crippen LogP contribution in [-0.4, -0.2) is 11.1 Å². The van der Waals surface area contributed by atoms with E-state index in [1.54, 1.807) is 12.1 Å². The van der Waals surface area contributed by atoms with E-state index in [1.165, 1.54) is 0 Å². The highest BCUT2D eigenvalue weighted by molar-refractivity contribution is 9.10. The topological polar surface area (TPSA) is 37.3 Å². The lowest BCUT2D eigenvalue weighted by molar-refractivity contribution is 0.0698. The highest BCUT2D eigenvalue weighted by Crippen LogP contribution is 2.28. The van der Waals surface area contributed by atoms with Gasteiger partial charge in [-0.2, -0.15) is 0 Å². The zero-order valence-electron chi connectivity index (χ0n) is 9.27. The molecule has 1 N–H and O–H groups in total. The van der Waals surface area contributed by atoms with Crippen molar-refractivity contribution in [1.29, 1.82) is 0 Å². The molecular weight excluding hydrogens is 280 g/mol. The van der Waals surface area contributed by atoms with Gasteiger partial charge in [-0.1, -0.05) is 46.3 Å². The molecule has 2 nitrogen and oxygen atoms in total. The van der Waals surface area contributed by atoms with Crippen molar-refractivity contribution in [2.75, 3.05) is 0 Å². The number of hydrogen-bond donors (Lipinski definition) is 1. The number of carbonyl (C=O) groups is 1. The standard InChI is InChI=1S/C14H11BrO2/c1-9-6-7-10(8-13(9)15)11-4-2-3-5-12(11)14(16)17/h2-8H,1H3,(H,16,17). The summed E-state index contributed by atoms with van der Waals surface area (Å²) in [6, 6.07) is 12.9. The monoisotopic (exact) mass is 290 g/mol. The van der Waals surface area contributed by atoms with E-state index in [4.69, 9.17) is 5.11 Å². The van der Waals surface area contributed by atoms with E-state index < -0.39 is 5.97 Å². The quantitative estimate of drug-likeness (QED) is 0.903. The average Bonchev–Trinajstić information content (AvgIpc) is 2.32. The molecule has 0 fully saturated rings. The Bertz CT molecular complexity index is 576. The van der Waals surface area contributed by atoms with Gasteiger partial charge < -0.3 is 5.11 Å². The van der Waals surface area contributed by atoms with Crippen molar-refractivity contribution in [1.82, 2.24) is 0 Å². The number of halogens is 1. The molecule has 0 aliphatic carbocycles. The number of carboxylic acids is 1. The van der Waals surface area contributed by atoms with Crippen LogP contribution in [0, 0.1) is 6.92 Å². The van der Waals surface area contributed by atoms with Crippen LogP contribution < -0.4 is 0 Å². The maximum absolute atomic E-state index is 11.1. The Hall–Kier alpha value is -1.61. The number of aryl methyl sites for hydroxylation is 1. The number of aromatic carboxylic acids is 1. The van der Waals surface area contributed by atoms with Crippen LogP contribution in [0.4, 0.5) is 0 Å². The molecule has 17 heavy (non-hydrogen) atoms. The van der Waals surface area contributed by atoms with Crippen LogP contribution in [0.2, 0.25) is 0 Å². The summed E-state index contributed by atoms with van der Waals surface area (Å²) in [5, 5.41) is 9.14. The molecule has 2 rings (SSSR count). The third-order valence-corrected chi connectivity index (χ3v) is 3.49. The maximum Gasteiger partial charge on any atom is 0.336 e. The van der Waals surface area contributed by atoms with Gasteiger partial charge in [-0.05, 0) is 35.7 Å². The van der Waals surface area contributed by atoms with Gasteiger partial charge in [0.25, 0.3) is 0 Å². The molecule has 0 heterocycles. The number of rotatable bonds is 2. The van der Waals surface area contributed by atoms with Crippen molar-refractivity contribution in [3.8, 4) is 11.1 Å². The summed E-state index contributed by atoms with van der Waals surface area (Å²) in [5.74, 6) is -0.905. The van der Waals surface area contributed by atoms with Gasteiger partial charge in [-0.15, -0.1) is 0 Å². The Morgan fingerprint density at radius 1 is 1.18 bits per heavy atom. The summed E-state index contributed by atoms with van der Waals surface area (Å²) in [4.78, 5) is 11.1. The van der Waals surface area contributed by atoms with Crippen molar-refractivity contribution in [2.45, 2.75) is 6.92 Å². The minimum absolute atomic E-state index is 0.322. The molecule has 3 heteroatoms. The smallest absolute Gasteiger partial charge is 0.336 e. The third kappa shape index (κ3) is 2.39. The van der Waals surface area contributed by atoms with Gasteiger partial charge in [0.2, 0.25) is 0 Å². The van der Waals surface area contributed by atoms with Crippen LogP contribution in [0.5, 0.6) is 0 Å². The van der Waals surface area contributed by atoms with E-state index in [2.05, 4.69) is 15.9 Å². The van der Waals surface area contributed by atoms with E-state index in [9.17, 15) is 4.79 Å². The second-order valence-corrected chi connectivity index (χ2v) is 4.67. The highest BCUT2D eigenvalue weighted by Gasteiger charge is 2.11.